The molecule has 0 aromatic carbocycles. The van der Waals surface area contributed by atoms with Crippen LogP contribution in [-0.2, 0) is 13.6 Å². The molecule has 1 aromatic rings. The van der Waals surface area contributed by atoms with Crippen LogP contribution in [0.1, 0.15) is 56.7 Å². The quantitative estimate of drug-likeness (QED) is 0.841. The van der Waals surface area contributed by atoms with Crippen LogP contribution < -0.4 is 10.1 Å². The van der Waals surface area contributed by atoms with E-state index >= 15 is 0 Å². The van der Waals surface area contributed by atoms with E-state index in [1.54, 1.807) is 7.11 Å². The average Bonchev–Trinajstić information content (AvgIpc) is 2.64. The highest BCUT2D eigenvalue weighted by molar-refractivity contribution is 5.30. The van der Waals surface area contributed by atoms with Gasteiger partial charge in [-0.05, 0) is 32.6 Å². The highest BCUT2D eigenvalue weighted by Gasteiger charge is 2.20. The molecule has 0 saturated heterocycles. The second-order valence-electron chi connectivity index (χ2n) is 6.12. The maximum absolute atomic E-state index is 5.46. The van der Waals surface area contributed by atoms with E-state index in [1.807, 2.05) is 11.7 Å². The lowest BCUT2D eigenvalue weighted by Crippen LogP contribution is -2.33. The van der Waals surface area contributed by atoms with Gasteiger partial charge in [-0.2, -0.15) is 5.10 Å². The number of ether oxygens (including phenoxy) is 1. The lowest BCUT2D eigenvalue weighted by Gasteiger charge is -2.23. The first-order valence-corrected chi connectivity index (χ1v) is 7.93. The van der Waals surface area contributed by atoms with E-state index in [0.717, 1.165) is 24.0 Å². The second kappa shape index (κ2) is 7.11. The normalized spacial score (nSPS) is 18.8. The van der Waals surface area contributed by atoms with Gasteiger partial charge in [0, 0.05) is 19.6 Å². The van der Waals surface area contributed by atoms with Crippen LogP contribution in [0.2, 0.25) is 0 Å². The maximum atomic E-state index is 5.46. The molecular weight excluding hydrogens is 250 g/mol. The van der Waals surface area contributed by atoms with E-state index < -0.39 is 0 Å². The van der Waals surface area contributed by atoms with Gasteiger partial charge in [0.1, 0.15) is 0 Å². The number of hydrogen-bond donors (Lipinski definition) is 1. The van der Waals surface area contributed by atoms with Gasteiger partial charge in [0.2, 0.25) is 5.88 Å². The summed E-state index contributed by atoms with van der Waals surface area (Å²) in [5, 5.41) is 8.13. The first kappa shape index (κ1) is 15.4. The van der Waals surface area contributed by atoms with Crippen LogP contribution in [0.5, 0.6) is 5.88 Å². The molecule has 1 saturated carbocycles. The predicted octanol–water partition coefficient (Wildman–Crippen LogP) is 3.19. The lowest BCUT2D eigenvalue weighted by atomic mass is 9.93. The molecule has 20 heavy (non-hydrogen) atoms. The Balaban J connectivity index is 1.94. The molecule has 0 unspecified atom stereocenters. The molecule has 1 aliphatic rings. The third-order valence-corrected chi connectivity index (χ3v) is 4.69. The zero-order valence-corrected chi connectivity index (χ0v) is 13.4. The Morgan fingerprint density at radius 3 is 2.55 bits per heavy atom. The molecule has 1 aromatic heterocycles. The van der Waals surface area contributed by atoms with Crippen molar-refractivity contribution in [1.29, 1.82) is 0 Å². The Morgan fingerprint density at radius 1 is 1.30 bits per heavy atom. The average molecular weight is 279 g/mol. The fourth-order valence-corrected chi connectivity index (χ4v) is 3.38. The van der Waals surface area contributed by atoms with E-state index in [9.17, 15) is 0 Å². The molecule has 1 heterocycles. The van der Waals surface area contributed by atoms with Crippen molar-refractivity contribution in [2.45, 2.75) is 65.0 Å². The highest BCUT2D eigenvalue weighted by Crippen LogP contribution is 2.26. The third-order valence-electron chi connectivity index (χ3n) is 4.69. The number of nitrogens with one attached hydrogen (secondary N) is 1. The first-order valence-electron chi connectivity index (χ1n) is 7.93. The second-order valence-corrected chi connectivity index (χ2v) is 6.12. The molecule has 0 amide bonds. The molecule has 2 rings (SSSR count). The number of aromatic nitrogens is 2. The van der Waals surface area contributed by atoms with Crippen LogP contribution in [-0.4, -0.2) is 22.9 Å². The molecule has 1 fully saturated rings. The maximum Gasteiger partial charge on any atom is 0.216 e. The third kappa shape index (κ3) is 3.54. The molecule has 0 spiro atoms. The van der Waals surface area contributed by atoms with Crippen molar-refractivity contribution >= 4 is 0 Å². The Labute approximate surface area is 122 Å². The smallest absolute Gasteiger partial charge is 0.216 e. The molecule has 0 bridgehead atoms. The number of hydrogen-bond acceptors (Lipinski definition) is 3. The summed E-state index contributed by atoms with van der Waals surface area (Å²) in [6.07, 6.45) is 8.37. The minimum atomic E-state index is 0.567. The summed E-state index contributed by atoms with van der Waals surface area (Å²) in [5.41, 5.74) is 2.25. The summed E-state index contributed by atoms with van der Waals surface area (Å²) in [5.74, 6) is 1.70. The monoisotopic (exact) mass is 279 g/mol. The van der Waals surface area contributed by atoms with Crippen molar-refractivity contribution in [2.75, 3.05) is 7.11 Å². The Bertz CT molecular complexity index is 420. The van der Waals surface area contributed by atoms with Crippen LogP contribution in [0.3, 0.4) is 0 Å². The Hall–Kier alpha value is -1.03. The van der Waals surface area contributed by atoms with Crippen LogP contribution in [0.4, 0.5) is 0 Å². The molecule has 1 N–H and O–H groups in total. The van der Waals surface area contributed by atoms with Crippen LogP contribution in [0.15, 0.2) is 0 Å². The van der Waals surface area contributed by atoms with E-state index in [1.165, 1.54) is 44.1 Å². The van der Waals surface area contributed by atoms with Gasteiger partial charge in [0.05, 0.1) is 18.4 Å². The van der Waals surface area contributed by atoms with Crippen molar-refractivity contribution in [3.05, 3.63) is 11.3 Å². The molecule has 1 aliphatic carbocycles. The molecule has 4 nitrogen and oxygen atoms in total. The molecule has 1 atom stereocenters. The SMILES string of the molecule is COc1c(CN[C@H](C)C2CCCCCC2)c(C)nn1C. The van der Waals surface area contributed by atoms with Gasteiger partial charge in [0.15, 0.2) is 0 Å². The fourth-order valence-electron chi connectivity index (χ4n) is 3.38. The summed E-state index contributed by atoms with van der Waals surface area (Å²) in [6, 6.07) is 0.567. The van der Waals surface area contributed by atoms with Crippen LogP contribution in [0, 0.1) is 12.8 Å². The minimum absolute atomic E-state index is 0.567. The van der Waals surface area contributed by atoms with Crippen molar-refractivity contribution in [2.24, 2.45) is 13.0 Å². The van der Waals surface area contributed by atoms with Crippen LogP contribution in [0.25, 0.3) is 0 Å². The molecule has 0 radical (unpaired) electrons. The van der Waals surface area contributed by atoms with Gasteiger partial charge in [-0.1, -0.05) is 25.7 Å². The summed E-state index contributed by atoms with van der Waals surface area (Å²) < 4.78 is 7.28. The molecular formula is C16H29N3O. The summed E-state index contributed by atoms with van der Waals surface area (Å²) in [6.45, 7) is 5.23. The van der Waals surface area contributed by atoms with Crippen molar-refractivity contribution < 1.29 is 4.74 Å². The first-order chi connectivity index (χ1) is 9.63. The van der Waals surface area contributed by atoms with E-state index in [-0.39, 0.29) is 0 Å². The van der Waals surface area contributed by atoms with E-state index in [4.69, 9.17) is 4.74 Å². The summed E-state index contributed by atoms with van der Waals surface area (Å²) >= 11 is 0. The number of nitrogens with zero attached hydrogens (tertiary/aromatic N) is 2. The lowest BCUT2D eigenvalue weighted by molar-refractivity contribution is 0.330. The predicted molar refractivity (Wildman–Crippen MR) is 82.0 cm³/mol. The van der Waals surface area contributed by atoms with Gasteiger partial charge < -0.3 is 10.1 Å². The fraction of sp³-hybridized carbons (Fsp3) is 0.812. The van der Waals surface area contributed by atoms with Crippen molar-refractivity contribution in [3.8, 4) is 5.88 Å². The Morgan fingerprint density at radius 2 is 1.95 bits per heavy atom. The van der Waals surface area contributed by atoms with Gasteiger partial charge in [-0.15, -0.1) is 0 Å². The van der Waals surface area contributed by atoms with E-state index in [0.29, 0.717) is 6.04 Å². The topological polar surface area (TPSA) is 39.1 Å². The number of rotatable bonds is 5. The van der Waals surface area contributed by atoms with E-state index in [2.05, 4.69) is 24.3 Å². The van der Waals surface area contributed by atoms with Gasteiger partial charge in [0.25, 0.3) is 0 Å². The zero-order chi connectivity index (χ0) is 14.5. The number of aryl methyl sites for hydroxylation is 2. The molecule has 0 aliphatic heterocycles. The molecule has 114 valence electrons. The zero-order valence-electron chi connectivity index (χ0n) is 13.4. The Kier molecular flexibility index (Phi) is 5.46. The highest BCUT2D eigenvalue weighted by atomic mass is 16.5. The molecule has 4 heteroatoms. The van der Waals surface area contributed by atoms with Gasteiger partial charge in [-0.3, -0.25) is 0 Å². The van der Waals surface area contributed by atoms with Crippen LogP contribution >= 0.6 is 0 Å². The number of methoxy groups -OCH3 is 1. The standard InChI is InChI=1S/C16H29N3O/c1-12(14-9-7-5-6-8-10-14)17-11-15-13(2)18-19(3)16(15)20-4/h12,14,17H,5-11H2,1-4H3/t12-/m1/s1. The van der Waals surface area contributed by atoms with Crippen molar-refractivity contribution in [1.82, 2.24) is 15.1 Å². The minimum Gasteiger partial charge on any atom is -0.481 e. The summed E-state index contributed by atoms with van der Waals surface area (Å²) in [4.78, 5) is 0. The van der Waals surface area contributed by atoms with Gasteiger partial charge in [-0.25, -0.2) is 4.68 Å². The van der Waals surface area contributed by atoms with Gasteiger partial charge >= 0.3 is 0 Å². The summed E-state index contributed by atoms with van der Waals surface area (Å²) in [7, 11) is 3.65. The van der Waals surface area contributed by atoms with Crippen molar-refractivity contribution in [3.63, 3.8) is 0 Å². The largest absolute Gasteiger partial charge is 0.481 e.